The van der Waals surface area contributed by atoms with Crippen molar-refractivity contribution in [3.05, 3.63) is 29.8 Å². The summed E-state index contributed by atoms with van der Waals surface area (Å²) < 4.78 is 4.65. The molecule has 0 aliphatic carbocycles. The van der Waals surface area contributed by atoms with Crippen LogP contribution in [-0.4, -0.2) is 48.4 Å². The van der Waals surface area contributed by atoms with Crippen molar-refractivity contribution in [3.63, 3.8) is 0 Å². The fraction of sp³-hybridized carbons (Fsp3) is 0.375. The molecule has 2 N–H and O–H groups in total. The molecule has 1 saturated heterocycles. The third-order valence-corrected chi connectivity index (χ3v) is 3.63. The summed E-state index contributed by atoms with van der Waals surface area (Å²) >= 11 is 0. The minimum absolute atomic E-state index is 0.0745. The van der Waals surface area contributed by atoms with Crippen LogP contribution in [0.4, 0.5) is 10.5 Å². The lowest BCUT2D eigenvalue weighted by Crippen LogP contribution is -2.39. The molecule has 0 spiro atoms. The number of amides is 4. The Morgan fingerprint density at radius 2 is 1.96 bits per heavy atom. The Bertz CT molecular complexity index is 686. The summed E-state index contributed by atoms with van der Waals surface area (Å²) in [4.78, 5) is 48.7. The quantitative estimate of drug-likeness (QED) is 0.617. The second-order valence-electron chi connectivity index (χ2n) is 5.68. The SMILES string of the molecule is COC(=O)c1ccccc1NC(=O)CN1C(=O)N[C@H](C(C)C)C1=O. The Kier molecular flexibility index (Phi) is 5.18. The highest BCUT2D eigenvalue weighted by molar-refractivity contribution is 6.09. The van der Waals surface area contributed by atoms with Crippen LogP contribution in [-0.2, 0) is 14.3 Å². The van der Waals surface area contributed by atoms with E-state index >= 15 is 0 Å². The van der Waals surface area contributed by atoms with Gasteiger partial charge in [-0.15, -0.1) is 0 Å². The predicted octanol–water partition coefficient (Wildman–Crippen LogP) is 0.988. The van der Waals surface area contributed by atoms with Crippen LogP contribution in [0.3, 0.4) is 0 Å². The molecule has 0 bridgehead atoms. The molecular weight excluding hydrogens is 314 g/mol. The molecule has 128 valence electrons. The molecule has 1 aliphatic heterocycles. The maximum Gasteiger partial charge on any atom is 0.339 e. The second-order valence-corrected chi connectivity index (χ2v) is 5.68. The van der Waals surface area contributed by atoms with Gasteiger partial charge in [0, 0.05) is 0 Å². The highest BCUT2D eigenvalue weighted by Crippen LogP contribution is 2.17. The Morgan fingerprint density at radius 1 is 1.29 bits per heavy atom. The summed E-state index contributed by atoms with van der Waals surface area (Å²) in [5.74, 6) is -1.69. The fourth-order valence-electron chi connectivity index (χ4n) is 2.36. The minimum Gasteiger partial charge on any atom is -0.465 e. The van der Waals surface area contributed by atoms with Gasteiger partial charge in [-0.05, 0) is 18.1 Å². The van der Waals surface area contributed by atoms with Crippen molar-refractivity contribution < 1.29 is 23.9 Å². The molecule has 2 rings (SSSR count). The van der Waals surface area contributed by atoms with Gasteiger partial charge in [-0.1, -0.05) is 26.0 Å². The number of carbonyl (C=O) groups is 4. The standard InChI is InChI=1S/C16H19N3O5/c1-9(2)13-14(21)19(16(23)18-13)8-12(20)17-11-7-5-4-6-10(11)15(22)24-3/h4-7,9,13H,8H2,1-3H3,(H,17,20)(H,18,23)/t13-/m1/s1. The molecule has 1 atom stereocenters. The van der Waals surface area contributed by atoms with E-state index in [9.17, 15) is 19.2 Å². The molecule has 0 unspecified atom stereocenters. The van der Waals surface area contributed by atoms with Crippen LogP contribution in [0.1, 0.15) is 24.2 Å². The predicted molar refractivity (Wildman–Crippen MR) is 85.3 cm³/mol. The van der Waals surface area contributed by atoms with E-state index in [4.69, 9.17) is 0 Å². The molecule has 24 heavy (non-hydrogen) atoms. The molecule has 1 fully saturated rings. The van der Waals surface area contributed by atoms with Crippen molar-refractivity contribution in [2.24, 2.45) is 5.92 Å². The summed E-state index contributed by atoms with van der Waals surface area (Å²) in [5.41, 5.74) is 0.437. The van der Waals surface area contributed by atoms with Crippen molar-refractivity contribution in [3.8, 4) is 0 Å². The van der Waals surface area contributed by atoms with E-state index in [1.165, 1.54) is 19.2 Å². The smallest absolute Gasteiger partial charge is 0.339 e. The Hall–Kier alpha value is -2.90. The van der Waals surface area contributed by atoms with E-state index in [2.05, 4.69) is 15.4 Å². The van der Waals surface area contributed by atoms with Gasteiger partial charge in [-0.25, -0.2) is 9.59 Å². The zero-order valence-electron chi connectivity index (χ0n) is 13.7. The van der Waals surface area contributed by atoms with Crippen molar-refractivity contribution in [2.45, 2.75) is 19.9 Å². The zero-order valence-corrected chi connectivity index (χ0v) is 13.7. The molecular formula is C16H19N3O5. The number of nitrogens with one attached hydrogen (secondary N) is 2. The lowest BCUT2D eigenvalue weighted by atomic mass is 10.1. The lowest BCUT2D eigenvalue weighted by molar-refractivity contribution is -0.131. The van der Waals surface area contributed by atoms with Crippen LogP contribution < -0.4 is 10.6 Å². The molecule has 1 aromatic rings. The first-order valence-corrected chi connectivity index (χ1v) is 7.44. The average Bonchev–Trinajstić information content (AvgIpc) is 2.83. The van der Waals surface area contributed by atoms with E-state index < -0.39 is 36.4 Å². The largest absolute Gasteiger partial charge is 0.465 e. The number of rotatable bonds is 5. The number of benzene rings is 1. The van der Waals surface area contributed by atoms with Crippen LogP contribution in [0.2, 0.25) is 0 Å². The van der Waals surface area contributed by atoms with Gasteiger partial charge in [0.05, 0.1) is 18.4 Å². The number of hydrogen-bond acceptors (Lipinski definition) is 5. The van der Waals surface area contributed by atoms with Gasteiger partial charge in [-0.2, -0.15) is 0 Å². The number of anilines is 1. The number of esters is 1. The maximum atomic E-state index is 12.2. The highest BCUT2D eigenvalue weighted by Gasteiger charge is 2.40. The van der Waals surface area contributed by atoms with Crippen LogP contribution >= 0.6 is 0 Å². The van der Waals surface area contributed by atoms with Crippen molar-refractivity contribution in [1.29, 1.82) is 0 Å². The van der Waals surface area contributed by atoms with Crippen molar-refractivity contribution >= 4 is 29.5 Å². The molecule has 0 aromatic heterocycles. The molecule has 1 aliphatic rings. The minimum atomic E-state index is -0.632. The van der Waals surface area contributed by atoms with Crippen LogP contribution in [0.5, 0.6) is 0 Å². The van der Waals surface area contributed by atoms with Crippen LogP contribution in [0.25, 0.3) is 0 Å². The Balaban J connectivity index is 2.08. The van der Waals surface area contributed by atoms with E-state index in [-0.39, 0.29) is 17.2 Å². The molecule has 8 heteroatoms. The number of carbonyl (C=O) groups excluding carboxylic acids is 4. The van der Waals surface area contributed by atoms with E-state index in [1.807, 2.05) is 0 Å². The molecule has 8 nitrogen and oxygen atoms in total. The topological polar surface area (TPSA) is 105 Å². The first kappa shape index (κ1) is 17.5. The first-order valence-electron chi connectivity index (χ1n) is 7.44. The molecule has 0 radical (unpaired) electrons. The number of nitrogens with zero attached hydrogens (tertiary/aromatic N) is 1. The number of para-hydroxylation sites is 1. The van der Waals surface area contributed by atoms with Gasteiger partial charge in [0.25, 0.3) is 5.91 Å². The second kappa shape index (κ2) is 7.12. The van der Waals surface area contributed by atoms with Gasteiger partial charge >= 0.3 is 12.0 Å². The maximum absolute atomic E-state index is 12.2. The summed E-state index contributed by atoms with van der Waals surface area (Å²) in [5, 5.41) is 5.07. The fourth-order valence-corrected chi connectivity index (χ4v) is 2.36. The van der Waals surface area contributed by atoms with Gasteiger partial charge in [-0.3, -0.25) is 14.5 Å². The molecule has 1 aromatic carbocycles. The van der Waals surface area contributed by atoms with E-state index in [1.54, 1.807) is 26.0 Å². The van der Waals surface area contributed by atoms with Gasteiger partial charge in [0.2, 0.25) is 5.91 Å². The van der Waals surface area contributed by atoms with E-state index in [0.717, 1.165) is 4.90 Å². The average molecular weight is 333 g/mol. The summed E-state index contributed by atoms with van der Waals surface area (Å²) in [6, 6.07) is 5.08. The van der Waals surface area contributed by atoms with Gasteiger partial charge < -0.3 is 15.4 Å². The monoisotopic (exact) mass is 333 g/mol. The van der Waals surface area contributed by atoms with Crippen LogP contribution in [0, 0.1) is 5.92 Å². The summed E-state index contributed by atoms with van der Waals surface area (Å²) in [6.45, 7) is 3.18. The summed E-state index contributed by atoms with van der Waals surface area (Å²) in [6.07, 6.45) is 0. The normalized spacial score (nSPS) is 17.0. The van der Waals surface area contributed by atoms with E-state index in [0.29, 0.717) is 0 Å². The number of ether oxygens (including phenoxy) is 1. The van der Waals surface area contributed by atoms with Crippen molar-refractivity contribution in [1.82, 2.24) is 10.2 Å². The van der Waals surface area contributed by atoms with Gasteiger partial charge in [0.15, 0.2) is 0 Å². The zero-order chi connectivity index (χ0) is 17.9. The number of methoxy groups -OCH3 is 1. The number of urea groups is 1. The molecule has 1 heterocycles. The third-order valence-electron chi connectivity index (χ3n) is 3.63. The van der Waals surface area contributed by atoms with Crippen molar-refractivity contribution in [2.75, 3.05) is 19.0 Å². The molecule has 4 amide bonds. The molecule has 0 saturated carbocycles. The Morgan fingerprint density at radius 3 is 2.54 bits per heavy atom. The number of hydrogen-bond donors (Lipinski definition) is 2. The van der Waals surface area contributed by atoms with Gasteiger partial charge in [0.1, 0.15) is 12.6 Å². The van der Waals surface area contributed by atoms with Crippen LogP contribution in [0.15, 0.2) is 24.3 Å². The number of imide groups is 1. The first-order chi connectivity index (χ1) is 11.3. The third kappa shape index (κ3) is 3.53. The lowest BCUT2D eigenvalue weighted by Gasteiger charge is -2.15. The highest BCUT2D eigenvalue weighted by atomic mass is 16.5. The summed E-state index contributed by atoms with van der Waals surface area (Å²) in [7, 11) is 1.24. The Labute approximate surface area is 139 Å².